The first-order valence-electron chi connectivity index (χ1n) is 6.12. The molecule has 0 aromatic heterocycles. The number of sulfonamides is 1. The molecule has 0 radical (unpaired) electrons. The number of hydrogen-bond donors (Lipinski definition) is 2. The van der Waals surface area contributed by atoms with Crippen molar-refractivity contribution in [3.63, 3.8) is 0 Å². The molecule has 0 bridgehead atoms. The molecule has 21 heavy (non-hydrogen) atoms. The van der Waals surface area contributed by atoms with Gasteiger partial charge < -0.3 is 5.73 Å². The van der Waals surface area contributed by atoms with E-state index in [-0.39, 0.29) is 9.92 Å². The Morgan fingerprint density at radius 1 is 1.05 bits per heavy atom. The van der Waals surface area contributed by atoms with Crippen molar-refractivity contribution in [2.24, 2.45) is 0 Å². The summed E-state index contributed by atoms with van der Waals surface area (Å²) in [4.78, 5) is 0.0687. The molecule has 0 amide bonds. The van der Waals surface area contributed by atoms with Gasteiger partial charge in [-0.15, -0.1) is 0 Å². The maximum Gasteiger partial charge on any atom is 0.241 e. The number of benzene rings is 2. The summed E-state index contributed by atoms with van der Waals surface area (Å²) >= 11 is 11.6. The highest BCUT2D eigenvalue weighted by Crippen LogP contribution is 2.25. The lowest BCUT2D eigenvalue weighted by molar-refractivity contribution is 0.567. The van der Waals surface area contributed by atoms with Crippen molar-refractivity contribution in [2.75, 3.05) is 5.73 Å². The third-order valence-corrected chi connectivity index (χ3v) is 5.25. The number of nitrogen functional groups attached to an aromatic ring is 1. The zero-order valence-electron chi connectivity index (χ0n) is 11.2. The molecule has 0 saturated carbocycles. The summed E-state index contributed by atoms with van der Waals surface area (Å²) in [7, 11) is -3.68. The van der Waals surface area contributed by atoms with Gasteiger partial charge in [0.1, 0.15) is 0 Å². The fourth-order valence-electron chi connectivity index (χ4n) is 1.80. The Hall–Kier alpha value is -1.27. The first kappa shape index (κ1) is 16.1. The van der Waals surface area contributed by atoms with Crippen LogP contribution in [0.25, 0.3) is 0 Å². The van der Waals surface area contributed by atoms with Gasteiger partial charge in [0.05, 0.1) is 14.9 Å². The SMILES string of the molecule is CC(NS(=O)(=O)c1ccc(Cl)c(Cl)c1)c1ccc(N)cc1. The molecule has 0 aliphatic heterocycles. The van der Waals surface area contributed by atoms with E-state index in [1.54, 1.807) is 31.2 Å². The number of nitrogens with one attached hydrogen (secondary N) is 1. The zero-order chi connectivity index (χ0) is 15.6. The first-order valence-corrected chi connectivity index (χ1v) is 8.36. The van der Waals surface area contributed by atoms with Crippen LogP contribution in [0.2, 0.25) is 10.0 Å². The molecule has 0 aliphatic carbocycles. The Morgan fingerprint density at radius 2 is 1.67 bits per heavy atom. The lowest BCUT2D eigenvalue weighted by Gasteiger charge is -2.15. The first-order chi connectivity index (χ1) is 9.79. The van der Waals surface area contributed by atoms with Gasteiger partial charge in [0.25, 0.3) is 0 Å². The second-order valence-corrected chi connectivity index (χ2v) is 7.11. The number of anilines is 1. The Balaban J connectivity index is 2.24. The summed E-state index contributed by atoms with van der Waals surface area (Å²) in [6, 6.07) is 10.8. The highest BCUT2D eigenvalue weighted by atomic mass is 35.5. The van der Waals surface area contributed by atoms with Crippen LogP contribution in [0.4, 0.5) is 5.69 Å². The molecule has 0 spiro atoms. The highest BCUT2D eigenvalue weighted by Gasteiger charge is 2.19. The molecule has 3 N–H and O–H groups in total. The van der Waals surface area contributed by atoms with Crippen LogP contribution in [-0.2, 0) is 10.0 Å². The molecule has 0 fully saturated rings. The van der Waals surface area contributed by atoms with Gasteiger partial charge in [0.2, 0.25) is 10.0 Å². The minimum Gasteiger partial charge on any atom is -0.399 e. The maximum atomic E-state index is 12.3. The van der Waals surface area contributed by atoms with E-state index in [4.69, 9.17) is 28.9 Å². The van der Waals surface area contributed by atoms with E-state index in [0.717, 1.165) is 5.56 Å². The van der Waals surface area contributed by atoms with E-state index >= 15 is 0 Å². The number of halogens is 2. The number of nitrogens with two attached hydrogens (primary N) is 1. The molecule has 2 aromatic carbocycles. The van der Waals surface area contributed by atoms with Gasteiger partial charge in [-0.05, 0) is 42.8 Å². The summed E-state index contributed by atoms with van der Waals surface area (Å²) in [5.41, 5.74) is 7.05. The fourth-order valence-corrected chi connectivity index (χ4v) is 3.42. The molecule has 0 heterocycles. The van der Waals surface area contributed by atoms with Crippen LogP contribution < -0.4 is 10.5 Å². The van der Waals surface area contributed by atoms with Gasteiger partial charge in [0.15, 0.2) is 0 Å². The normalized spacial score (nSPS) is 13.1. The molecule has 1 atom stereocenters. The van der Waals surface area contributed by atoms with Crippen molar-refractivity contribution >= 4 is 38.9 Å². The lowest BCUT2D eigenvalue weighted by Crippen LogP contribution is -2.26. The largest absolute Gasteiger partial charge is 0.399 e. The van der Waals surface area contributed by atoms with Gasteiger partial charge in [-0.1, -0.05) is 35.3 Å². The Labute approximate surface area is 133 Å². The van der Waals surface area contributed by atoms with Gasteiger partial charge >= 0.3 is 0 Å². The number of hydrogen-bond acceptors (Lipinski definition) is 3. The van der Waals surface area contributed by atoms with E-state index in [0.29, 0.717) is 10.7 Å². The second-order valence-electron chi connectivity index (χ2n) is 4.59. The van der Waals surface area contributed by atoms with E-state index in [2.05, 4.69) is 4.72 Å². The van der Waals surface area contributed by atoms with Crippen molar-refractivity contribution in [1.82, 2.24) is 4.72 Å². The molecule has 7 heteroatoms. The Kier molecular flexibility index (Phi) is 4.78. The minimum absolute atomic E-state index is 0.0687. The summed E-state index contributed by atoms with van der Waals surface area (Å²) < 4.78 is 27.2. The summed E-state index contributed by atoms with van der Waals surface area (Å²) in [5, 5.41) is 0.502. The van der Waals surface area contributed by atoms with Crippen LogP contribution in [0.1, 0.15) is 18.5 Å². The fraction of sp³-hybridized carbons (Fsp3) is 0.143. The summed E-state index contributed by atoms with van der Waals surface area (Å²) in [5.74, 6) is 0. The minimum atomic E-state index is -3.68. The van der Waals surface area contributed by atoms with Crippen LogP contribution in [0.3, 0.4) is 0 Å². The van der Waals surface area contributed by atoms with Crippen LogP contribution in [0.15, 0.2) is 47.4 Å². The zero-order valence-corrected chi connectivity index (χ0v) is 13.5. The van der Waals surface area contributed by atoms with Gasteiger partial charge in [-0.3, -0.25) is 0 Å². The van der Waals surface area contributed by atoms with Crippen molar-refractivity contribution in [3.8, 4) is 0 Å². The van der Waals surface area contributed by atoms with Crippen molar-refractivity contribution < 1.29 is 8.42 Å². The third kappa shape index (κ3) is 3.89. The molecule has 2 rings (SSSR count). The molecule has 2 aromatic rings. The van der Waals surface area contributed by atoms with E-state index < -0.39 is 16.1 Å². The van der Waals surface area contributed by atoms with Gasteiger partial charge in [-0.25, -0.2) is 13.1 Å². The third-order valence-electron chi connectivity index (χ3n) is 2.97. The monoisotopic (exact) mass is 344 g/mol. The smallest absolute Gasteiger partial charge is 0.241 e. The van der Waals surface area contributed by atoms with E-state index in [1.807, 2.05) is 0 Å². The van der Waals surface area contributed by atoms with Crippen LogP contribution >= 0.6 is 23.2 Å². The second kappa shape index (κ2) is 6.23. The van der Waals surface area contributed by atoms with Gasteiger partial charge in [0, 0.05) is 11.7 Å². The topological polar surface area (TPSA) is 72.2 Å². The quantitative estimate of drug-likeness (QED) is 0.832. The summed E-state index contributed by atoms with van der Waals surface area (Å²) in [6.45, 7) is 1.75. The lowest BCUT2D eigenvalue weighted by atomic mass is 10.1. The van der Waals surface area contributed by atoms with Gasteiger partial charge in [-0.2, -0.15) is 0 Å². The van der Waals surface area contributed by atoms with Crippen molar-refractivity contribution in [1.29, 1.82) is 0 Å². The molecule has 4 nitrogen and oxygen atoms in total. The van der Waals surface area contributed by atoms with Crippen molar-refractivity contribution in [3.05, 3.63) is 58.1 Å². The van der Waals surface area contributed by atoms with Crippen LogP contribution in [0.5, 0.6) is 0 Å². The van der Waals surface area contributed by atoms with E-state index in [9.17, 15) is 8.42 Å². The predicted octanol–water partition coefficient (Wildman–Crippen LogP) is 3.62. The average Bonchev–Trinajstić information content (AvgIpc) is 2.42. The molecule has 0 saturated heterocycles. The molecule has 1 unspecified atom stereocenters. The van der Waals surface area contributed by atoms with Crippen molar-refractivity contribution in [2.45, 2.75) is 17.9 Å². The Bertz CT molecular complexity index is 746. The highest BCUT2D eigenvalue weighted by molar-refractivity contribution is 7.89. The molecular weight excluding hydrogens is 331 g/mol. The van der Waals surface area contributed by atoms with Crippen LogP contribution in [-0.4, -0.2) is 8.42 Å². The molecule has 112 valence electrons. The summed E-state index contributed by atoms with van der Waals surface area (Å²) in [6.07, 6.45) is 0. The molecular formula is C14H14Cl2N2O2S. The maximum absolute atomic E-state index is 12.3. The Morgan fingerprint density at radius 3 is 2.24 bits per heavy atom. The van der Waals surface area contributed by atoms with Crippen LogP contribution in [0, 0.1) is 0 Å². The predicted molar refractivity (Wildman–Crippen MR) is 86.1 cm³/mol. The standard InChI is InChI=1S/C14H14Cl2N2O2S/c1-9(10-2-4-11(17)5-3-10)18-21(19,20)12-6-7-13(15)14(16)8-12/h2-9,18H,17H2,1H3. The average molecular weight is 345 g/mol. The number of rotatable bonds is 4. The van der Waals surface area contributed by atoms with E-state index in [1.165, 1.54) is 18.2 Å². The molecule has 0 aliphatic rings.